The maximum absolute atomic E-state index is 11.7. The van der Waals surface area contributed by atoms with Crippen LogP contribution in [0, 0.1) is 0 Å². The number of ether oxygens (including phenoxy) is 1. The number of Topliss-reactive ketones (excluding diaryl/α,β-unsaturated/α-hetero) is 1. The topological polar surface area (TPSA) is 83.8 Å². The summed E-state index contributed by atoms with van der Waals surface area (Å²) >= 11 is 0. The summed E-state index contributed by atoms with van der Waals surface area (Å²) in [4.78, 5) is 23.2. The molecule has 2 aromatic carbocycles. The maximum Gasteiger partial charge on any atom is 0.385 e. The highest BCUT2D eigenvalue weighted by Crippen LogP contribution is 2.10. The first-order valence-corrected chi connectivity index (χ1v) is 7.14. The summed E-state index contributed by atoms with van der Waals surface area (Å²) in [6, 6.07) is 16.8. The van der Waals surface area contributed by atoms with Crippen molar-refractivity contribution in [3.63, 3.8) is 0 Å². The van der Waals surface area contributed by atoms with E-state index >= 15 is 0 Å². The van der Waals surface area contributed by atoms with Crippen molar-refractivity contribution in [1.29, 1.82) is 0 Å². The van der Waals surface area contributed by atoms with Gasteiger partial charge in [-0.2, -0.15) is 0 Å². The van der Waals surface area contributed by atoms with Gasteiger partial charge in [-0.15, -0.1) is 0 Å². The number of carbonyl (C=O) groups is 2. The van der Waals surface area contributed by atoms with Crippen LogP contribution < -0.4 is 4.74 Å². The minimum atomic E-state index is -0.873. The van der Waals surface area contributed by atoms with Crippen LogP contribution in [0.3, 0.4) is 0 Å². The van der Waals surface area contributed by atoms with Crippen LogP contribution in [-0.4, -0.2) is 34.2 Å². The molecule has 2 atom stereocenters. The van der Waals surface area contributed by atoms with E-state index in [4.69, 9.17) is 14.9 Å². The molecular formula is C18H20O5. The first-order chi connectivity index (χ1) is 10.9. The Balaban J connectivity index is 0.000000379. The molecule has 0 heterocycles. The predicted molar refractivity (Wildman–Crippen MR) is 86.2 cm³/mol. The zero-order chi connectivity index (χ0) is 17.2. The first-order valence-electron chi connectivity index (χ1n) is 7.14. The molecule has 0 aliphatic carbocycles. The Bertz CT molecular complexity index is 600. The highest BCUT2D eigenvalue weighted by molar-refractivity contribution is 6.41. The monoisotopic (exact) mass is 316 g/mol. The van der Waals surface area contributed by atoms with E-state index in [2.05, 4.69) is 0 Å². The van der Waals surface area contributed by atoms with E-state index in [1.54, 1.807) is 74.5 Å². The van der Waals surface area contributed by atoms with Gasteiger partial charge >= 0.3 is 5.97 Å². The lowest BCUT2D eigenvalue weighted by atomic mass is 10.1. The highest BCUT2D eigenvalue weighted by Gasteiger charge is 2.17. The highest BCUT2D eigenvalue weighted by atomic mass is 16.5. The standard InChI is InChI=1S/C14H10O3.C4H10O2/c15-13(11-7-3-1-4-8-11)14(16)17-12-9-5-2-6-10-12;1-3(5)4(2)6/h1-10H;3-6H,1-2H3. The molecule has 0 amide bonds. The second-order valence-corrected chi connectivity index (χ2v) is 4.88. The van der Waals surface area contributed by atoms with Crippen molar-refractivity contribution in [2.45, 2.75) is 26.1 Å². The Hall–Kier alpha value is -2.50. The zero-order valence-corrected chi connectivity index (χ0v) is 13.0. The fraction of sp³-hybridized carbons (Fsp3) is 0.222. The first kappa shape index (κ1) is 18.5. The van der Waals surface area contributed by atoms with Gasteiger partial charge in [-0.05, 0) is 26.0 Å². The molecule has 23 heavy (non-hydrogen) atoms. The van der Waals surface area contributed by atoms with E-state index in [1.807, 2.05) is 0 Å². The normalized spacial score (nSPS) is 12.3. The molecule has 0 saturated heterocycles. The third-order valence-corrected chi connectivity index (χ3v) is 2.87. The van der Waals surface area contributed by atoms with Crippen LogP contribution in [0.4, 0.5) is 0 Å². The summed E-state index contributed by atoms with van der Waals surface area (Å²) in [5, 5.41) is 16.8. The number of hydrogen-bond donors (Lipinski definition) is 2. The maximum atomic E-state index is 11.7. The van der Waals surface area contributed by atoms with Crippen LogP contribution in [0.5, 0.6) is 5.75 Å². The summed E-state index contributed by atoms with van der Waals surface area (Å²) in [6.07, 6.45) is -1.19. The molecule has 0 aromatic heterocycles. The van der Waals surface area contributed by atoms with Crippen molar-refractivity contribution in [3.8, 4) is 5.75 Å². The molecule has 2 unspecified atom stereocenters. The molecule has 0 fully saturated rings. The summed E-state index contributed by atoms with van der Waals surface area (Å²) in [5.41, 5.74) is 0.327. The van der Waals surface area contributed by atoms with Crippen LogP contribution in [0.2, 0.25) is 0 Å². The fourth-order valence-electron chi connectivity index (χ4n) is 1.35. The molecular weight excluding hydrogens is 296 g/mol. The number of aliphatic hydroxyl groups is 2. The second-order valence-electron chi connectivity index (χ2n) is 4.88. The number of esters is 1. The van der Waals surface area contributed by atoms with Crippen molar-refractivity contribution in [2.75, 3.05) is 0 Å². The number of benzene rings is 2. The Morgan fingerprint density at radius 1 is 0.826 bits per heavy atom. The van der Waals surface area contributed by atoms with Crippen LogP contribution in [0.25, 0.3) is 0 Å². The molecule has 2 N–H and O–H groups in total. The predicted octanol–water partition coefficient (Wildman–Crippen LogP) is 2.22. The number of ketones is 1. The van der Waals surface area contributed by atoms with Crippen LogP contribution >= 0.6 is 0 Å². The van der Waals surface area contributed by atoms with Crippen molar-refractivity contribution >= 4 is 11.8 Å². The Morgan fingerprint density at radius 2 is 1.26 bits per heavy atom. The lowest BCUT2D eigenvalue weighted by Crippen LogP contribution is -2.20. The molecule has 0 radical (unpaired) electrons. The van der Waals surface area contributed by atoms with Crippen molar-refractivity contribution in [1.82, 2.24) is 0 Å². The molecule has 0 aliphatic heterocycles. The minimum absolute atomic E-state index is 0.327. The van der Waals surface area contributed by atoms with E-state index in [-0.39, 0.29) is 0 Å². The van der Waals surface area contributed by atoms with Crippen LogP contribution in [0.15, 0.2) is 60.7 Å². The van der Waals surface area contributed by atoms with Gasteiger partial charge in [0.2, 0.25) is 0 Å². The van der Waals surface area contributed by atoms with Gasteiger partial charge in [-0.25, -0.2) is 4.79 Å². The van der Waals surface area contributed by atoms with Gasteiger partial charge in [0, 0.05) is 5.56 Å². The molecule has 2 aromatic rings. The van der Waals surface area contributed by atoms with E-state index in [1.165, 1.54) is 0 Å². The number of carbonyl (C=O) groups excluding carboxylic acids is 2. The fourth-order valence-corrected chi connectivity index (χ4v) is 1.35. The van der Waals surface area contributed by atoms with E-state index < -0.39 is 24.0 Å². The van der Waals surface area contributed by atoms with Gasteiger partial charge in [-0.1, -0.05) is 48.5 Å². The summed E-state index contributed by atoms with van der Waals surface area (Å²) < 4.78 is 4.94. The van der Waals surface area contributed by atoms with Gasteiger partial charge in [0.1, 0.15) is 5.75 Å². The molecule has 0 saturated carbocycles. The number of aliphatic hydroxyl groups excluding tert-OH is 2. The van der Waals surface area contributed by atoms with Crippen molar-refractivity contribution < 1.29 is 24.5 Å². The van der Waals surface area contributed by atoms with Gasteiger partial charge < -0.3 is 14.9 Å². The van der Waals surface area contributed by atoms with E-state index in [0.717, 1.165) is 0 Å². The van der Waals surface area contributed by atoms with Crippen molar-refractivity contribution in [2.24, 2.45) is 0 Å². The number of rotatable bonds is 4. The third kappa shape index (κ3) is 6.86. The van der Waals surface area contributed by atoms with Gasteiger partial charge in [0.25, 0.3) is 5.78 Å². The van der Waals surface area contributed by atoms with Crippen LogP contribution in [0.1, 0.15) is 24.2 Å². The van der Waals surface area contributed by atoms with Gasteiger partial charge in [-0.3, -0.25) is 4.79 Å². The van der Waals surface area contributed by atoms with E-state index in [9.17, 15) is 9.59 Å². The molecule has 122 valence electrons. The van der Waals surface area contributed by atoms with E-state index in [0.29, 0.717) is 11.3 Å². The average Bonchev–Trinajstić information content (AvgIpc) is 2.56. The lowest BCUT2D eigenvalue weighted by Gasteiger charge is -2.03. The summed E-state index contributed by atoms with van der Waals surface area (Å²) in [7, 11) is 0. The SMILES string of the molecule is CC(O)C(C)O.O=C(Oc1ccccc1)C(=O)c1ccccc1. The quantitative estimate of drug-likeness (QED) is 0.391. The average molecular weight is 316 g/mol. The van der Waals surface area contributed by atoms with Gasteiger partial charge in [0.05, 0.1) is 12.2 Å². The Morgan fingerprint density at radius 3 is 1.70 bits per heavy atom. The Kier molecular flexibility index (Phi) is 7.66. The largest absolute Gasteiger partial charge is 0.421 e. The minimum Gasteiger partial charge on any atom is -0.421 e. The van der Waals surface area contributed by atoms with Crippen LogP contribution in [-0.2, 0) is 4.79 Å². The Labute approximate surface area is 135 Å². The lowest BCUT2D eigenvalue weighted by molar-refractivity contribution is -0.129. The smallest absolute Gasteiger partial charge is 0.385 e. The molecule has 0 bridgehead atoms. The summed E-state index contributed by atoms with van der Waals surface area (Å²) in [6.45, 7) is 3.09. The second kappa shape index (κ2) is 9.50. The molecule has 0 aliphatic rings. The summed E-state index contributed by atoms with van der Waals surface area (Å²) in [5.74, 6) is -1.15. The molecule has 5 nitrogen and oxygen atoms in total. The number of para-hydroxylation sites is 1. The number of hydrogen-bond acceptors (Lipinski definition) is 5. The zero-order valence-electron chi connectivity index (χ0n) is 13.0. The van der Waals surface area contributed by atoms with Gasteiger partial charge in [0.15, 0.2) is 0 Å². The van der Waals surface area contributed by atoms with Crippen molar-refractivity contribution in [3.05, 3.63) is 66.2 Å². The molecule has 0 spiro atoms. The molecule has 5 heteroatoms. The molecule has 2 rings (SSSR count). The third-order valence-electron chi connectivity index (χ3n) is 2.87.